The van der Waals surface area contributed by atoms with Gasteiger partial charge in [0.25, 0.3) is 5.69 Å². The second-order valence-corrected chi connectivity index (χ2v) is 5.51. The summed E-state index contributed by atoms with van der Waals surface area (Å²) in [6, 6.07) is 4.88. The van der Waals surface area contributed by atoms with Gasteiger partial charge in [-0.2, -0.15) is 0 Å². The second-order valence-electron chi connectivity index (χ2n) is 4.72. The molecule has 106 valence electrons. The molecule has 0 saturated carbocycles. The Morgan fingerprint density at radius 2 is 2.05 bits per heavy atom. The van der Waals surface area contributed by atoms with Crippen molar-refractivity contribution >= 4 is 21.6 Å². The van der Waals surface area contributed by atoms with Gasteiger partial charge in [0.1, 0.15) is 4.47 Å². The first-order valence-corrected chi connectivity index (χ1v) is 6.90. The Morgan fingerprint density at radius 1 is 1.35 bits per heavy atom. The van der Waals surface area contributed by atoms with Crippen LogP contribution in [0, 0.1) is 10.1 Å². The van der Waals surface area contributed by atoms with Crippen molar-refractivity contribution in [1.82, 2.24) is 9.13 Å². The molecule has 0 saturated heterocycles. The molecule has 0 aliphatic rings. The lowest BCUT2D eigenvalue weighted by Gasteiger charge is -2.07. The third-order valence-electron chi connectivity index (χ3n) is 3.03. The van der Waals surface area contributed by atoms with Gasteiger partial charge in [0, 0.05) is 24.5 Å². The van der Waals surface area contributed by atoms with Crippen LogP contribution >= 0.6 is 15.9 Å². The molecule has 2 rings (SSSR count). The van der Waals surface area contributed by atoms with Crippen molar-refractivity contribution < 1.29 is 4.92 Å². The van der Waals surface area contributed by atoms with Gasteiger partial charge in [0.2, 0.25) is 0 Å². The van der Waals surface area contributed by atoms with Gasteiger partial charge < -0.3 is 0 Å². The number of halogens is 1. The van der Waals surface area contributed by atoms with Crippen molar-refractivity contribution in [2.75, 3.05) is 0 Å². The Labute approximate surface area is 123 Å². The van der Waals surface area contributed by atoms with Gasteiger partial charge in [0.05, 0.1) is 11.5 Å². The molecular formula is C13H14BrN3O3. The summed E-state index contributed by atoms with van der Waals surface area (Å²) in [7, 11) is 0. The molecule has 0 bridgehead atoms. The van der Waals surface area contributed by atoms with Crippen LogP contribution < -0.4 is 5.69 Å². The smallest absolute Gasteiger partial charge is 0.297 e. The van der Waals surface area contributed by atoms with E-state index in [9.17, 15) is 14.9 Å². The normalized spacial score (nSPS) is 11.0. The van der Waals surface area contributed by atoms with Crippen molar-refractivity contribution in [3.8, 4) is 0 Å². The fourth-order valence-electron chi connectivity index (χ4n) is 1.95. The van der Waals surface area contributed by atoms with Crippen LogP contribution in [0.4, 0.5) is 5.69 Å². The maximum absolute atomic E-state index is 12.1. The molecule has 2 aromatic rings. The molecule has 0 spiro atoms. The molecule has 1 aromatic heterocycles. The minimum absolute atomic E-state index is 0.00107. The number of rotatable bonds is 4. The van der Waals surface area contributed by atoms with E-state index in [0.717, 1.165) is 0 Å². The minimum atomic E-state index is -0.449. The van der Waals surface area contributed by atoms with Crippen LogP contribution in [0.1, 0.15) is 25.5 Å². The van der Waals surface area contributed by atoms with Crippen LogP contribution in [0.2, 0.25) is 0 Å². The maximum Gasteiger partial charge on any atom is 0.328 e. The number of nitrogens with zero attached hydrogens (tertiary/aromatic N) is 3. The Morgan fingerprint density at radius 3 is 2.60 bits per heavy atom. The van der Waals surface area contributed by atoms with Crippen LogP contribution in [0.3, 0.4) is 0 Å². The van der Waals surface area contributed by atoms with E-state index in [1.54, 1.807) is 29.1 Å². The van der Waals surface area contributed by atoms with E-state index in [0.29, 0.717) is 16.6 Å². The first kappa shape index (κ1) is 14.5. The van der Waals surface area contributed by atoms with E-state index in [1.807, 2.05) is 13.8 Å². The lowest BCUT2D eigenvalue weighted by molar-refractivity contribution is -0.385. The number of hydrogen-bond donors (Lipinski definition) is 0. The average Bonchev–Trinajstić information content (AvgIpc) is 2.73. The average molecular weight is 340 g/mol. The van der Waals surface area contributed by atoms with Crippen LogP contribution in [0.25, 0.3) is 0 Å². The van der Waals surface area contributed by atoms with Gasteiger partial charge in [-0.05, 0) is 35.3 Å². The molecule has 6 nitrogen and oxygen atoms in total. The van der Waals surface area contributed by atoms with Gasteiger partial charge in [-0.3, -0.25) is 19.2 Å². The number of hydrogen-bond acceptors (Lipinski definition) is 3. The summed E-state index contributed by atoms with van der Waals surface area (Å²) in [5, 5.41) is 10.9. The summed E-state index contributed by atoms with van der Waals surface area (Å²) in [5.74, 6) is 0. The number of benzene rings is 1. The first-order chi connectivity index (χ1) is 9.41. The van der Waals surface area contributed by atoms with Crippen LogP contribution in [0.15, 0.2) is 39.9 Å². The Kier molecular flexibility index (Phi) is 4.08. The molecular weight excluding hydrogens is 326 g/mol. The monoisotopic (exact) mass is 339 g/mol. The second kappa shape index (κ2) is 5.62. The highest BCUT2D eigenvalue weighted by molar-refractivity contribution is 9.10. The summed E-state index contributed by atoms with van der Waals surface area (Å²) in [4.78, 5) is 22.6. The zero-order valence-corrected chi connectivity index (χ0v) is 12.7. The zero-order valence-electron chi connectivity index (χ0n) is 11.1. The van der Waals surface area contributed by atoms with E-state index < -0.39 is 4.92 Å². The predicted octanol–water partition coefficient (Wildman–Crippen LogP) is 2.95. The zero-order chi connectivity index (χ0) is 14.9. The van der Waals surface area contributed by atoms with E-state index in [-0.39, 0.29) is 17.4 Å². The molecule has 1 aromatic carbocycles. The molecule has 0 atom stereocenters. The van der Waals surface area contributed by atoms with Gasteiger partial charge >= 0.3 is 5.69 Å². The van der Waals surface area contributed by atoms with Gasteiger partial charge in [-0.15, -0.1) is 0 Å². The largest absolute Gasteiger partial charge is 0.328 e. The van der Waals surface area contributed by atoms with Crippen molar-refractivity contribution in [3.05, 3.63) is 61.2 Å². The molecule has 0 fully saturated rings. The predicted molar refractivity (Wildman–Crippen MR) is 79.0 cm³/mol. The maximum atomic E-state index is 12.1. The van der Waals surface area contributed by atoms with Gasteiger partial charge in [0.15, 0.2) is 0 Å². The molecule has 7 heteroatoms. The lowest BCUT2D eigenvalue weighted by Crippen LogP contribution is -2.25. The third kappa shape index (κ3) is 2.67. The summed E-state index contributed by atoms with van der Waals surface area (Å²) in [5.41, 5.74) is 0.569. The lowest BCUT2D eigenvalue weighted by atomic mass is 10.2. The van der Waals surface area contributed by atoms with Crippen molar-refractivity contribution in [1.29, 1.82) is 0 Å². The summed E-state index contributed by atoms with van der Waals surface area (Å²) >= 11 is 3.24. The molecule has 0 N–H and O–H groups in total. The van der Waals surface area contributed by atoms with E-state index in [4.69, 9.17) is 0 Å². The molecule has 0 aliphatic heterocycles. The quantitative estimate of drug-likeness (QED) is 0.635. The fourth-order valence-corrected chi connectivity index (χ4v) is 2.49. The van der Waals surface area contributed by atoms with Gasteiger partial charge in [-0.1, -0.05) is 12.1 Å². The summed E-state index contributed by atoms with van der Waals surface area (Å²) < 4.78 is 3.56. The Hall–Kier alpha value is -1.89. The van der Waals surface area contributed by atoms with Crippen LogP contribution in [-0.2, 0) is 6.54 Å². The summed E-state index contributed by atoms with van der Waals surface area (Å²) in [6.45, 7) is 4.14. The van der Waals surface area contributed by atoms with Crippen LogP contribution in [-0.4, -0.2) is 14.1 Å². The van der Waals surface area contributed by atoms with E-state index in [1.165, 1.54) is 10.6 Å². The van der Waals surface area contributed by atoms with Crippen molar-refractivity contribution in [2.45, 2.75) is 26.4 Å². The number of nitro groups is 1. The highest BCUT2D eigenvalue weighted by Crippen LogP contribution is 2.28. The first-order valence-electron chi connectivity index (χ1n) is 6.11. The SMILES string of the molecule is CC(C)n1ccn(Cc2cccc([N+](=O)[O-])c2Br)c1=O. The Balaban J connectivity index is 2.39. The summed E-state index contributed by atoms with van der Waals surface area (Å²) in [6.07, 6.45) is 3.41. The molecule has 0 unspecified atom stereocenters. The molecule has 0 radical (unpaired) electrons. The highest BCUT2D eigenvalue weighted by atomic mass is 79.9. The number of nitro benzene ring substituents is 1. The molecule has 1 heterocycles. The van der Waals surface area contributed by atoms with Gasteiger partial charge in [-0.25, -0.2) is 4.79 Å². The fraction of sp³-hybridized carbons (Fsp3) is 0.308. The molecule has 0 aliphatic carbocycles. The standard InChI is InChI=1S/C13H14BrN3O3/c1-9(2)16-7-6-15(13(16)18)8-10-4-3-5-11(12(10)14)17(19)20/h3-7,9H,8H2,1-2H3. The van der Waals surface area contributed by atoms with Crippen LogP contribution in [0.5, 0.6) is 0 Å². The molecule has 0 amide bonds. The van der Waals surface area contributed by atoms with E-state index >= 15 is 0 Å². The third-order valence-corrected chi connectivity index (χ3v) is 3.94. The molecule has 20 heavy (non-hydrogen) atoms. The minimum Gasteiger partial charge on any atom is -0.297 e. The number of aromatic nitrogens is 2. The topological polar surface area (TPSA) is 70.1 Å². The van der Waals surface area contributed by atoms with Crippen molar-refractivity contribution in [3.63, 3.8) is 0 Å². The Bertz CT molecular complexity index is 703. The van der Waals surface area contributed by atoms with Crippen molar-refractivity contribution in [2.24, 2.45) is 0 Å². The number of imidazole rings is 1. The van der Waals surface area contributed by atoms with E-state index in [2.05, 4.69) is 15.9 Å². The highest BCUT2D eigenvalue weighted by Gasteiger charge is 2.16.